The van der Waals surface area contributed by atoms with E-state index in [0.29, 0.717) is 24.6 Å². The number of hydrogen-bond acceptors (Lipinski definition) is 5. The van der Waals surface area contributed by atoms with E-state index in [1.165, 1.54) is 18.9 Å². The fourth-order valence-electron chi connectivity index (χ4n) is 2.65. The normalized spacial score (nSPS) is 17.7. The summed E-state index contributed by atoms with van der Waals surface area (Å²) in [4.78, 5) is 13.8. The molecule has 0 aromatic heterocycles. The van der Waals surface area contributed by atoms with Gasteiger partial charge in [-0.05, 0) is 37.3 Å². The lowest BCUT2D eigenvalue weighted by Gasteiger charge is -2.18. The van der Waals surface area contributed by atoms with Crippen LogP contribution >= 0.6 is 0 Å². The molecule has 136 valence electrons. The smallest absolute Gasteiger partial charge is 0.285 e. The van der Waals surface area contributed by atoms with Crippen molar-refractivity contribution in [3.05, 3.63) is 29.8 Å². The van der Waals surface area contributed by atoms with Crippen molar-refractivity contribution in [1.29, 1.82) is 0 Å². The number of nitrogens with zero attached hydrogens (tertiary/aromatic N) is 2. The van der Waals surface area contributed by atoms with Crippen LogP contribution in [0.4, 0.5) is 0 Å². The maximum Gasteiger partial charge on any atom is 0.285 e. The average Bonchev–Trinajstić information content (AvgIpc) is 3.35. The maximum absolute atomic E-state index is 12.0. The van der Waals surface area contributed by atoms with Crippen LogP contribution in [0.5, 0.6) is 0 Å². The molecule has 1 aromatic carbocycles. The molecule has 1 aliphatic heterocycles. The summed E-state index contributed by atoms with van der Waals surface area (Å²) in [6.45, 7) is 2.06. The van der Waals surface area contributed by atoms with Crippen LogP contribution in [-0.2, 0) is 19.6 Å². The SMILES string of the molecule is CN(CC(=O)NCCCOCC1CC1)C1=NS(=O)(=O)c2ccccc21. The minimum atomic E-state index is -3.67. The van der Waals surface area contributed by atoms with Gasteiger partial charge in [0.25, 0.3) is 10.0 Å². The number of carbonyl (C=O) groups excluding carboxylic acids is 1. The summed E-state index contributed by atoms with van der Waals surface area (Å²) >= 11 is 0. The van der Waals surface area contributed by atoms with Crippen molar-refractivity contribution in [2.45, 2.75) is 24.2 Å². The van der Waals surface area contributed by atoms with Crippen molar-refractivity contribution in [3.63, 3.8) is 0 Å². The monoisotopic (exact) mass is 365 g/mol. The zero-order valence-electron chi connectivity index (χ0n) is 14.3. The van der Waals surface area contributed by atoms with Gasteiger partial charge in [0.15, 0.2) is 5.84 Å². The lowest BCUT2D eigenvalue weighted by molar-refractivity contribution is -0.121. The Morgan fingerprint density at radius 1 is 1.36 bits per heavy atom. The van der Waals surface area contributed by atoms with Crippen LogP contribution in [-0.4, -0.2) is 58.4 Å². The van der Waals surface area contributed by atoms with E-state index in [1.54, 1.807) is 30.1 Å². The van der Waals surface area contributed by atoms with Gasteiger partial charge in [-0.3, -0.25) is 4.79 Å². The van der Waals surface area contributed by atoms with Gasteiger partial charge in [-0.25, -0.2) is 0 Å². The topological polar surface area (TPSA) is 88.1 Å². The van der Waals surface area contributed by atoms with Gasteiger partial charge in [0.1, 0.15) is 4.90 Å². The summed E-state index contributed by atoms with van der Waals surface area (Å²) in [7, 11) is -2.01. The van der Waals surface area contributed by atoms with Crippen molar-refractivity contribution in [1.82, 2.24) is 10.2 Å². The van der Waals surface area contributed by atoms with Crippen molar-refractivity contribution in [2.24, 2.45) is 10.3 Å². The first-order valence-corrected chi connectivity index (χ1v) is 9.91. The molecule has 7 nitrogen and oxygen atoms in total. The summed E-state index contributed by atoms with van der Waals surface area (Å²) in [6.07, 6.45) is 3.30. The quantitative estimate of drug-likeness (QED) is 0.695. The number of hydrogen-bond donors (Lipinski definition) is 1. The summed E-state index contributed by atoms with van der Waals surface area (Å²) in [6, 6.07) is 6.64. The van der Waals surface area contributed by atoms with E-state index < -0.39 is 10.0 Å². The molecule has 0 unspecified atom stereocenters. The fraction of sp³-hybridized carbons (Fsp3) is 0.529. The Labute approximate surface area is 148 Å². The Hall–Kier alpha value is -1.93. The molecule has 2 aliphatic rings. The molecule has 0 atom stereocenters. The zero-order valence-corrected chi connectivity index (χ0v) is 15.1. The van der Waals surface area contributed by atoms with Crippen LogP contribution in [0.15, 0.2) is 33.6 Å². The predicted octanol–water partition coefficient (Wildman–Crippen LogP) is 1.00. The molecule has 1 aliphatic carbocycles. The summed E-state index contributed by atoms with van der Waals surface area (Å²) < 4.78 is 33.4. The largest absolute Gasteiger partial charge is 0.381 e. The Balaban J connectivity index is 1.45. The molecule has 25 heavy (non-hydrogen) atoms. The van der Waals surface area contributed by atoms with Crippen molar-refractivity contribution >= 4 is 21.8 Å². The summed E-state index contributed by atoms with van der Waals surface area (Å²) in [5.74, 6) is 0.877. The van der Waals surface area contributed by atoms with Gasteiger partial charge in [0.05, 0.1) is 6.54 Å². The number of ether oxygens (including phenoxy) is 1. The second-order valence-corrected chi connectivity index (χ2v) is 8.04. The highest BCUT2D eigenvalue weighted by Crippen LogP contribution is 2.28. The summed E-state index contributed by atoms with van der Waals surface area (Å²) in [5, 5.41) is 2.82. The molecule has 1 N–H and O–H groups in total. The summed E-state index contributed by atoms with van der Waals surface area (Å²) in [5.41, 5.74) is 0.534. The Morgan fingerprint density at radius 2 is 2.12 bits per heavy atom. The van der Waals surface area contributed by atoms with E-state index in [9.17, 15) is 13.2 Å². The molecule has 8 heteroatoms. The minimum absolute atomic E-state index is 0.0472. The van der Waals surface area contributed by atoms with Crippen molar-refractivity contribution in [3.8, 4) is 0 Å². The highest BCUT2D eigenvalue weighted by atomic mass is 32.2. The van der Waals surface area contributed by atoms with Crippen LogP contribution in [0.3, 0.4) is 0 Å². The standard InChI is InChI=1S/C17H23N3O4S/c1-20(11-16(21)18-9-4-10-24-12-13-7-8-13)17-14-5-2-3-6-15(14)25(22,23)19-17/h2-3,5-6,13H,4,7-12H2,1H3,(H,18,21). The predicted molar refractivity (Wildman–Crippen MR) is 94.0 cm³/mol. The number of amides is 1. The van der Waals surface area contributed by atoms with Gasteiger partial charge < -0.3 is 15.0 Å². The minimum Gasteiger partial charge on any atom is -0.381 e. The third-order valence-electron chi connectivity index (χ3n) is 4.19. The van der Waals surface area contributed by atoms with E-state index >= 15 is 0 Å². The van der Waals surface area contributed by atoms with E-state index in [-0.39, 0.29) is 17.3 Å². The molecule has 0 radical (unpaired) electrons. The molecule has 1 saturated carbocycles. The molecule has 0 saturated heterocycles. The number of rotatable bonds is 8. The van der Waals surface area contributed by atoms with Crippen LogP contribution in [0.1, 0.15) is 24.8 Å². The number of sulfonamides is 1. The number of likely N-dealkylation sites (N-methyl/N-ethyl adjacent to an activating group) is 1. The molecule has 3 rings (SSSR count). The van der Waals surface area contributed by atoms with E-state index in [0.717, 1.165) is 18.9 Å². The van der Waals surface area contributed by atoms with Crippen LogP contribution in [0.25, 0.3) is 0 Å². The van der Waals surface area contributed by atoms with Crippen LogP contribution in [0.2, 0.25) is 0 Å². The fourth-order valence-corrected chi connectivity index (χ4v) is 3.90. The number of nitrogens with one attached hydrogen (secondary N) is 1. The van der Waals surface area contributed by atoms with Gasteiger partial charge in [0.2, 0.25) is 5.91 Å². The van der Waals surface area contributed by atoms with Gasteiger partial charge in [-0.15, -0.1) is 4.40 Å². The van der Waals surface area contributed by atoms with Gasteiger partial charge >= 0.3 is 0 Å². The third-order valence-corrected chi connectivity index (χ3v) is 5.52. The lowest BCUT2D eigenvalue weighted by atomic mass is 10.2. The van der Waals surface area contributed by atoms with Crippen LogP contribution in [0, 0.1) is 5.92 Å². The first kappa shape index (κ1) is 17.9. The Bertz CT molecular complexity index is 772. The first-order chi connectivity index (χ1) is 12.0. The molecular weight excluding hydrogens is 342 g/mol. The average molecular weight is 365 g/mol. The van der Waals surface area contributed by atoms with E-state index in [2.05, 4.69) is 9.71 Å². The molecular formula is C17H23N3O4S. The van der Waals surface area contributed by atoms with Gasteiger partial charge in [0, 0.05) is 32.4 Å². The molecule has 1 heterocycles. The zero-order chi connectivity index (χ0) is 17.9. The molecule has 0 bridgehead atoms. The number of carbonyl (C=O) groups is 1. The van der Waals surface area contributed by atoms with Gasteiger partial charge in [-0.2, -0.15) is 8.42 Å². The highest BCUT2D eigenvalue weighted by molar-refractivity contribution is 7.90. The first-order valence-electron chi connectivity index (χ1n) is 8.47. The van der Waals surface area contributed by atoms with E-state index in [1.807, 2.05) is 0 Å². The van der Waals surface area contributed by atoms with Crippen molar-refractivity contribution in [2.75, 3.05) is 33.4 Å². The van der Waals surface area contributed by atoms with E-state index in [4.69, 9.17) is 4.74 Å². The number of amidine groups is 1. The molecule has 1 aromatic rings. The lowest BCUT2D eigenvalue weighted by Crippen LogP contribution is -2.38. The molecule has 1 amide bonds. The van der Waals surface area contributed by atoms with Gasteiger partial charge in [-0.1, -0.05) is 12.1 Å². The third kappa shape index (κ3) is 4.58. The Kier molecular flexibility index (Phi) is 5.39. The number of fused-ring (bicyclic) bond motifs is 1. The second-order valence-electron chi connectivity index (χ2n) is 6.46. The Morgan fingerprint density at radius 3 is 2.88 bits per heavy atom. The molecule has 0 spiro atoms. The molecule has 1 fully saturated rings. The number of benzene rings is 1. The maximum atomic E-state index is 12.0. The second kappa shape index (κ2) is 7.53. The highest BCUT2D eigenvalue weighted by Gasteiger charge is 2.30. The van der Waals surface area contributed by atoms with Crippen molar-refractivity contribution < 1.29 is 17.9 Å². The van der Waals surface area contributed by atoms with Crippen LogP contribution < -0.4 is 5.32 Å².